The van der Waals surface area contributed by atoms with Crippen LogP contribution in [-0.4, -0.2) is 5.11 Å². The first-order chi connectivity index (χ1) is 6.65. The van der Waals surface area contributed by atoms with Crippen molar-refractivity contribution in [2.45, 2.75) is 32.2 Å². The summed E-state index contributed by atoms with van der Waals surface area (Å²) in [6, 6.07) is 5.21. The number of nitrogens with two attached hydrogens (primary N) is 2. The van der Waals surface area contributed by atoms with Gasteiger partial charge in [0.2, 0.25) is 0 Å². The van der Waals surface area contributed by atoms with Gasteiger partial charge < -0.3 is 16.6 Å². The van der Waals surface area contributed by atoms with Gasteiger partial charge in [0.05, 0.1) is 5.69 Å². The maximum atomic E-state index is 9.39. The Bertz CT molecular complexity index is 299. The van der Waals surface area contributed by atoms with Crippen molar-refractivity contribution in [3.63, 3.8) is 0 Å². The summed E-state index contributed by atoms with van der Waals surface area (Å²) >= 11 is 0. The van der Waals surface area contributed by atoms with Gasteiger partial charge in [-0.05, 0) is 24.1 Å². The first-order valence-electron chi connectivity index (χ1n) is 4.99. The highest BCUT2D eigenvalue weighted by atomic mass is 16.3. The summed E-state index contributed by atoms with van der Waals surface area (Å²) in [5.74, 6) is 0.120. The van der Waals surface area contributed by atoms with E-state index in [0.717, 1.165) is 24.8 Å². The Morgan fingerprint density at radius 1 is 1.43 bits per heavy atom. The minimum Gasteiger partial charge on any atom is -0.506 e. The predicted octanol–water partition coefficient (Wildman–Crippen LogP) is 2.16. The van der Waals surface area contributed by atoms with Gasteiger partial charge in [-0.1, -0.05) is 25.8 Å². The third-order valence-electron chi connectivity index (χ3n) is 2.35. The first-order valence-corrected chi connectivity index (χ1v) is 4.99. The van der Waals surface area contributed by atoms with E-state index in [1.54, 1.807) is 12.1 Å². The zero-order valence-corrected chi connectivity index (χ0v) is 8.53. The Labute approximate surface area is 84.7 Å². The van der Waals surface area contributed by atoms with Gasteiger partial charge in [-0.3, -0.25) is 0 Å². The molecule has 0 aromatic heterocycles. The van der Waals surface area contributed by atoms with Gasteiger partial charge in [0, 0.05) is 6.04 Å². The van der Waals surface area contributed by atoms with Gasteiger partial charge in [-0.2, -0.15) is 0 Å². The van der Waals surface area contributed by atoms with Gasteiger partial charge in [0.25, 0.3) is 0 Å². The van der Waals surface area contributed by atoms with Crippen LogP contribution in [0.2, 0.25) is 0 Å². The fourth-order valence-electron chi connectivity index (χ4n) is 1.38. The van der Waals surface area contributed by atoms with Crippen LogP contribution in [-0.2, 0) is 0 Å². The van der Waals surface area contributed by atoms with Crippen molar-refractivity contribution in [2.75, 3.05) is 5.73 Å². The average molecular weight is 194 g/mol. The van der Waals surface area contributed by atoms with Gasteiger partial charge in [-0.15, -0.1) is 0 Å². The van der Waals surface area contributed by atoms with E-state index in [1.165, 1.54) is 0 Å². The molecule has 0 saturated carbocycles. The highest BCUT2D eigenvalue weighted by Gasteiger charge is 2.07. The molecule has 0 aliphatic carbocycles. The minimum absolute atomic E-state index is 0.00134. The van der Waals surface area contributed by atoms with Crippen LogP contribution in [0.25, 0.3) is 0 Å². The molecular formula is C11H18N2O. The fraction of sp³-hybridized carbons (Fsp3) is 0.455. The quantitative estimate of drug-likeness (QED) is 0.508. The molecule has 1 unspecified atom stereocenters. The molecule has 0 saturated heterocycles. The molecule has 3 nitrogen and oxygen atoms in total. The molecule has 1 aromatic carbocycles. The standard InChI is InChI=1S/C11H18N2O/c1-2-3-4-9(12)8-5-6-10(13)11(14)7-8/h5-7,9,14H,2-4,12-13H2,1H3. The SMILES string of the molecule is CCCCC(N)c1ccc(N)c(O)c1. The average Bonchev–Trinajstić information content (AvgIpc) is 2.18. The number of phenols is 1. The maximum Gasteiger partial charge on any atom is 0.138 e. The third-order valence-corrected chi connectivity index (χ3v) is 2.35. The minimum atomic E-state index is 0.00134. The van der Waals surface area contributed by atoms with Crippen molar-refractivity contribution in [3.8, 4) is 5.75 Å². The molecule has 0 amide bonds. The van der Waals surface area contributed by atoms with Crippen molar-refractivity contribution in [2.24, 2.45) is 5.73 Å². The van der Waals surface area contributed by atoms with Gasteiger partial charge >= 0.3 is 0 Å². The maximum absolute atomic E-state index is 9.39. The molecule has 0 spiro atoms. The number of anilines is 1. The Hall–Kier alpha value is -1.22. The van der Waals surface area contributed by atoms with Crippen molar-refractivity contribution in [1.29, 1.82) is 0 Å². The van der Waals surface area contributed by atoms with Crippen molar-refractivity contribution in [1.82, 2.24) is 0 Å². The summed E-state index contributed by atoms with van der Waals surface area (Å²) < 4.78 is 0. The summed E-state index contributed by atoms with van der Waals surface area (Å²) in [4.78, 5) is 0. The van der Waals surface area contributed by atoms with E-state index < -0.39 is 0 Å². The normalized spacial score (nSPS) is 12.7. The fourth-order valence-corrected chi connectivity index (χ4v) is 1.38. The summed E-state index contributed by atoms with van der Waals surface area (Å²) in [7, 11) is 0. The number of phenolic OH excluding ortho intramolecular Hbond substituents is 1. The van der Waals surface area contributed by atoms with Crippen LogP contribution in [0.1, 0.15) is 37.8 Å². The lowest BCUT2D eigenvalue weighted by Crippen LogP contribution is -2.09. The van der Waals surface area contributed by atoms with E-state index in [-0.39, 0.29) is 11.8 Å². The number of hydrogen-bond acceptors (Lipinski definition) is 3. The molecule has 0 aliphatic rings. The zero-order chi connectivity index (χ0) is 10.6. The number of benzene rings is 1. The van der Waals surface area contributed by atoms with Crippen LogP contribution in [0.3, 0.4) is 0 Å². The lowest BCUT2D eigenvalue weighted by atomic mass is 10.0. The van der Waals surface area contributed by atoms with Crippen molar-refractivity contribution < 1.29 is 5.11 Å². The molecule has 0 fully saturated rings. The Morgan fingerprint density at radius 3 is 2.71 bits per heavy atom. The van der Waals surface area contributed by atoms with E-state index in [9.17, 15) is 5.11 Å². The molecule has 1 aromatic rings. The van der Waals surface area contributed by atoms with Gasteiger partial charge in [-0.25, -0.2) is 0 Å². The summed E-state index contributed by atoms with van der Waals surface area (Å²) in [6.07, 6.45) is 3.18. The van der Waals surface area contributed by atoms with E-state index in [0.29, 0.717) is 5.69 Å². The number of hydrogen-bond donors (Lipinski definition) is 3. The van der Waals surface area contributed by atoms with E-state index in [4.69, 9.17) is 11.5 Å². The van der Waals surface area contributed by atoms with Gasteiger partial charge in [0.15, 0.2) is 0 Å². The lowest BCUT2D eigenvalue weighted by molar-refractivity contribution is 0.475. The van der Waals surface area contributed by atoms with Crippen LogP contribution in [0.4, 0.5) is 5.69 Å². The second-order valence-corrected chi connectivity index (χ2v) is 3.57. The molecular weight excluding hydrogens is 176 g/mol. The second-order valence-electron chi connectivity index (χ2n) is 3.57. The van der Waals surface area contributed by atoms with Crippen LogP contribution in [0.5, 0.6) is 5.75 Å². The smallest absolute Gasteiger partial charge is 0.138 e. The van der Waals surface area contributed by atoms with Crippen molar-refractivity contribution >= 4 is 5.69 Å². The number of nitrogen functional groups attached to an aromatic ring is 1. The Morgan fingerprint density at radius 2 is 2.14 bits per heavy atom. The summed E-state index contributed by atoms with van der Waals surface area (Å²) in [6.45, 7) is 2.13. The van der Waals surface area contributed by atoms with E-state index in [1.807, 2.05) is 6.07 Å². The van der Waals surface area contributed by atoms with Crippen LogP contribution < -0.4 is 11.5 Å². The number of unbranched alkanes of at least 4 members (excludes halogenated alkanes) is 1. The Balaban J connectivity index is 2.70. The van der Waals surface area contributed by atoms with Crippen LogP contribution in [0, 0.1) is 0 Å². The first kappa shape index (κ1) is 10.9. The number of rotatable bonds is 4. The summed E-state index contributed by atoms with van der Waals surface area (Å²) in [5, 5.41) is 9.39. The molecule has 0 bridgehead atoms. The van der Waals surface area contributed by atoms with Gasteiger partial charge in [0.1, 0.15) is 5.75 Å². The molecule has 1 atom stereocenters. The largest absolute Gasteiger partial charge is 0.506 e. The van der Waals surface area contributed by atoms with E-state index >= 15 is 0 Å². The zero-order valence-electron chi connectivity index (χ0n) is 8.53. The summed E-state index contributed by atoms with van der Waals surface area (Å²) in [5.41, 5.74) is 12.8. The monoisotopic (exact) mass is 194 g/mol. The molecule has 14 heavy (non-hydrogen) atoms. The molecule has 5 N–H and O–H groups in total. The molecule has 78 valence electrons. The predicted molar refractivity (Wildman–Crippen MR) is 59.0 cm³/mol. The molecule has 0 radical (unpaired) electrons. The highest BCUT2D eigenvalue weighted by Crippen LogP contribution is 2.25. The van der Waals surface area contributed by atoms with Crippen LogP contribution in [0.15, 0.2) is 18.2 Å². The van der Waals surface area contributed by atoms with Crippen molar-refractivity contribution in [3.05, 3.63) is 23.8 Å². The van der Waals surface area contributed by atoms with Crippen LogP contribution >= 0.6 is 0 Å². The van der Waals surface area contributed by atoms with E-state index in [2.05, 4.69) is 6.92 Å². The molecule has 3 heteroatoms. The topological polar surface area (TPSA) is 72.3 Å². The highest BCUT2D eigenvalue weighted by molar-refractivity contribution is 5.53. The second kappa shape index (κ2) is 4.86. The molecule has 0 aliphatic heterocycles. The lowest BCUT2D eigenvalue weighted by Gasteiger charge is -2.12. The Kier molecular flexibility index (Phi) is 3.77. The number of aromatic hydroxyl groups is 1. The molecule has 0 heterocycles. The molecule has 1 rings (SSSR count). The third kappa shape index (κ3) is 2.64.